The molecule has 2 N–H and O–H groups in total. The zero-order valence-electron chi connectivity index (χ0n) is 30.9. The number of amides is 3. The van der Waals surface area contributed by atoms with Crippen molar-refractivity contribution < 1.29 is 43.2 Å². The minimum Gasteiger partial charge on any atom is -0.457 e. The molecule has 1 aromatic rings. The van der Waals surface area contributed by atoms with Crippen LogP contribution in [0.4, 0.5) is 10.5 Å². The zero-order valence-corrected chi connectivity index (χ0v) is 32.5. The Hall–Kier alpha value is -3.10. The highest BCUT2D eigenvalue weighted by atomic mass is 35.5. The second-order valence-electron chi connectivity index (χ2n) is 14.4. The van der Waals surface area contributed by atoms with E-state index < -0.39 is 59.8 Å². The van der Waals surface area contributed by atoms with Crippen LogP contribution in [0.5, 0.6) is 0 Å². The lowest BCUT2D eigenvalue weighted by molar-refractivity contribution is -0.162. The number of halogens is 1. The van der Waals surface area contributed by atoms with Crippen LogP contribution in [-0.2, 0) is 39.8 Å². The van der Waals surface area contributed by atoms with Crippen LogP contribution in [0.1, 0.15) is 71.4 Å². The molecule has 3 amide bonds. The van der Waals surface area contributed by atoms with Gasteiger partial charge in [-0.15, -0.1) is 0 Å². The third kappa shape index (κ3) is 9.29. The van der Waals surface area contributed by atoms with Gasteiger partial charge in [0.05, 0.1) is 23.2 Å². The second-order valence-corrected chi connectivity index (χ2v) is 15.7. The Labute approximate surface area is 311 Å². The lowest BCUT2D eigenvalue weighted by Gasteiger charge is -2.42. The number of esters is 1. The zero-order chi connectivity index (χ0) is 38.0. The van der Waals surface area contributed by atoms with Crippen LogP contribution in [0, 0.1) is 12.8 Å². The summed E-state index contributed by atoms with van der Waals surface area (Å²) in [5, 5.41) is 14.7. The normalized spacial score (nSPS) is 32.7. The Morgan fingerprint density at radius 3 is 2.59 bits per heavy atom. The number of nitrogens with zero attached hydrogens (tertiary/aromatic N) is 2. The number of fused-ring (bicyclic) bond motifs is 5. The smallest absolute Gasteiger partial charge is 0.409 e. The minimum atomic E-state index is -1.81. The Morgan fingerprint density at radius 2 is 1.94 bits per heavy atom. The van der Waals surface area contributed by atoms with Crippen LogP contribution in [-0.4, -0.2) is 102 Å². The third-order valence-electron chi connectivity index (χ3n) is 10.3. The summed E-state index contributed by atoms with van der Waals surface area (Å²) in [6.07, 6.45) is 2.00. The number of carbonyl (C=O) groups excluding carboxylic acids is 4. The molecule has 51 heavy (non-hydrogen) atoms. The van der Waals surface area contributed by atoms with Gasteiger partial charge in [-0.2, -0.15) is 12.6 Å². The first-order valence-electron chi connectivity index (χ1n) is 17.3. The van der Waals surface area contributed by atoms with Crippen LogP contribution < -0.4 is 10.2 Å². The van der Waals surface area contributed by atoms with E-state index >= 15 is 0 Å². The highest BCUT2D eigenvalue weighted by Gasteiger charge is 2.64. The Bertz CT molecular complexity index is 1570. The SMILES string of the molecule is CO[C@@H]1/C=C/C=C(\C)Cc2cc(C)c(Cl)c(c2)N(C)C(=O)C[C@H](OC(=O)[C@H](C)N(C)C(=O)CCC(C)S)[C@]2(C)O[C@H]2[C@H](C)C2C[C@@]1(O)NC(=O)O2. The molecule has 0 aliphatic carbocycles. The van der Waals surface area contributed by atoms with E-state index in [1.54, 1.807) is 33.0 Å². The van der Waals surface area contributed by atoms with Crippen molar-refractivity contribution in [2.45, 2.75) is 121 Å². The minimum absolute atomic E-state index is 0.0145. The number of epoxide rings is 1. The summed E-state index contributed by atoms with van der Waals surface area (Å²) in [7, 11) is 4.59. The molecule has 4 rings (SSSR count). The number of benzene rings is 1. The molecule has 0 saturated carbocycles. The third-order valence-corrected chi connectivity index (χ3v) is 11.0. The van der Waals surface area contributed by atoms with Crippen molar-refractivity contribution in [2.24, 2.45) is 5.92 Å². The average Bonchev–Trinajstić information content (AvgIpc) is 3.76. The largest absolute Gasteiger partial charge is 0.457 e. The number of methoxy groups -OCH3 is 1. The number of alkyl carbamates (subject to hydrolysis) is 1. The summed E-state index contributed by atoms with van der Waals surface area (Å²) in [6.45, 7) is 10.8. The van der Waals surface area contributed by atoms with Gasteiger partial charge >= 0.3 is 12.1 Å². The highest BCUT2D eigenvalue weighted by molar-refractivity contribution is 7.80. The fourth-order valence-corrected chi connectivity index (χ4v) is 7.13. The van der Waals surface area contributed by atoms with Gasteiger partial charge in [-0.05, 0) is 63.0 Å². The molecule has 14 heteroatoms. The molecule has 0 spiro atoms. The molecule has 2 fully saturated rings. The van der Waals surface area contributed by atoms with Crippen molar-refractivity contribution >= 4 is 53.8 Å². The molecule has 4 bridgehead atoms. The lowest BCUT2D eigenvalue weighted by atomic mass is 9.83. The summed E-state index contributed by atoms with van der Waals surface area (Å²) in [5.41, 5.74) is 0.184. The molecule has 12 nitrogen and oxygen atoms in total. The lowest BCUT2D eigenvalue weighted by Crippen LogP contribution is -2.63. The summed E-state index contributed by atoms with van der Waals surface area (Å²) >= 11 is 11.1. The fraction of sp³-hybridized carbons (Fsp3) is 0.622. The number of likely N-dealkylation sites (N-methyl/N-ethyl adjacent to an activating group) is 1. The first kappa shape index (κ1) is 40.7. The standard InChI is InChI=1S/C37H52ClN3O9S/c1-20-11-10-12-28(47-9)37(46)19-27(48-35(45)39-37)23(4)33-36(6,50-33)29(49-34(44)24(5)40(7)30(42)14-13-22(3)51)18-31(43)41(8)26-17-25(15-20)16-21(2)32(26)38/h10-12,16-17,22-24,27-29,33,46,51H,13-15,18-19H2,1-9H3,(H,39,45)/b12-10+,20-11+/t22?,23-,24+,27?,28-,29+,33+,36+,37+/m1/s1. The average molecular weight is 750 g/mol. The van der Waals surface area contributed by atoms with E-state index in [-0.39, 0.29) is 36.3 Å². The number of aryl methyl sites for hydroxylation is 1. The van der Waals surface area contributed by atoms with E-state index in [1.165, 1.54) is 24.0 Å². The van der Waals surface area contributed by atoms with Gasteiger partial charge in [0, 0.05) is 40.0 Å². The van der Waals surface area contributed by atoms with E-state index in [1.807, 2.05) is 45.9 Å². The molecule has 3 aliphatic heterocycles. The number of nitrogens with one attached hydrogen (secondary N) is 1. The van der Waals surface area contributed by atoms with E-state index in [2.05, 4.69) is 17.9 Å². The Kier molecular flexibility index (Phi) is 13.0. The van der Waals surface area contributed by atoms with Gasteiger partial charge < -0.3 is 33.9 Å². The van der Waals surface area contributed by atoms with Gasteiger partial charge in [-0.1, -0.05) is 55.3 Å². The number of hydrogen-bond acceptors (Lipinski definition) is 10. The molecule has 3 heterocycles. The van der Waals surface area contributed by atoms with Crippen molar-refractivity contribution in [3.63, 3.8) is 0 Å². The summed E-state index contributed by atoms with van der Waals surface area (Å²) in [5.74, 6) is -1.84. The van der Waals surface area contributed by atoms with Crippen molar-refractivity contribution in [3.8, 4) is 0 Å². The maximum absolute atomic E-state index is 14.1. The van der Waals surface area contributed by atoms with Crippen LogP contribution in [0.15, 0.2) is 35.9 Å². The van der Waals surface area contributed by atoms with Crippen LogP contribution >= 0.6 is 24.2 Å². The Morgan fingerprint density at radius 1 is 1.25 bits per heavy atom. The van der Waals surface area contributed by atoms with E-state index in [9.17, 15) is 24.3 Å². The molecule has 0 aromatic heterocycles. The molecule has 1 aromatic carbocycles. The van der Waals surface area contributed by atoms with Crippen molar-refractivity contribution in [1.82, 2.24) is 10.2 Å². The molecule has 2 unspecified atom stereocenters. The highest BCUT2D eigenvalue weighted by Crippen LogP contribution is 2.49. The molecule has 282 valence electrons. The number of rotatable bonds is 7. The number of allylic oxidation sites excluding steroid dienone is 3. The van der Waals surface area contributed by atoms with Gasteiger partial charge in [-0.3, -0.25) is 14.9 Å². The summed E-state index contributed by atoms with van der Waals surface area (Å²) in [6, 6.07) is 2.85. The van der Waals surface area contributed by atoms with Crippen LogP contribution in [0.2, 0.25) is 5.02 Å². The van der Waals surface area contributed by atoms with Gasteiger partial charge in [0.15, 0.2) is 5.72 Å². The van der Waals surface area contributed by atoms with E-state index in [0.717, 1.165) is 16.7 Å². The molecular weight excluding hydrogens is 698 g/mol. The van der Waals surface area contributed by atoms with Crippen LogP contribution in [0.3, 0.4) is 0 Å². The Balaban J connectivity index is 1.73. The number of ether oxygens (including phenoxy) is 4. The monoisotopic (exact) mass is 749 g/mol. The predicted octanol–water partition coefficient (Wildman–Crippen LogP) is 4.91. The molecule has 9 atom stereocenters. The number of anilines is 1. The van der Waals surface area contributed by atoms with Gasteiger partial charge in [0.2, 0.25) is 11.8 Å². The fourth-order valence-electron chi connectivity index (χ4n) is 6.76. The van der Waals surface area contributed by atoms with E-state index in [0.29, 0.717) is 23.6 Å². The van der Waals surface area contributed by atoms with Crippen molar-refractivity contribution in [1.29, 1.82) is 0 Å². The molecule has 0 radical (unpaired) electrons. The molecule has 3 aliphatic rings. The summed E-state index contributed by atoms with van der Waals surface area (Å²) in [4.78, 5) is 56.2. The quantitative estimate of drug-likeness (QED) is 0.201. The van der Waals surface area contributed by atoms with Crippen LogP contribution in [0.25, 0.3) is 0 Å². The van der Waals surface area contributed by atoms with Gasteiger partial charge in [-0.25, -0.2) is 9.59 Å². The van der Waals surface area contributed by atoms with Crippen molar-refractivity contribution in [3.05, 3.63) is 52.1 Å². The van der Waals surface area contributed by atoms with Gasteiger partial charge in [0.1, 0.15) is 30.0 Å². The first-order valence-corrected chi connectivity index (χ1v) is 18.2. The maximum atomic E-state index is 14.1. The van der Waals surface area contributed by atoms with E-state index in [4.69, 9.17) is 30.5 Å². The first-order chi connectivity index (χ1) is 23.8. The number of carbonyl (C=O) groups is 4. The topological polar surface area (TPSA) is 147 Å². The number of aliphatic hydroxyl groups is 1. The molecular formula is C37H52ClN3O9S. The summed E-state index contributed by atoms with van der Waals surface area (Å²) < 4.78 is 23.6. The van der Waals surface area contributed by atoms with Gasteiger partial charge in [0.25, 0.3) is 0 Å². The predicted molar refractivity (Wildman–Crippen MR) is 197 cm³/mol. The maximum Gasteiger partial charge on any atom is 0.409 e. The number of hydrogen-bond donors (Lipinski definition) is 3. The molecule has 2 saturated heterocycles. The second kappa shape index (κ2) is 16.3. The van der Waals surface area contributed by atoms with Crippen molar-refractivity contribution in [2.75, 3.05) is 26.1 Å². The number of thiol groups is 1.